The lowest BCUT2D eigenvalue weighted by Gasteiger charge is -2.52. The topological polar surface area (TPSA) is 48.9 Å². The molecule has 1 unspecified atom stereocenters. The van der Waals surface area contributed by atoms with E-state index in [9.17, 15) is 4.79 Å². The van der Waals surface area contributed by atoms with E-state index in [1.807, 2.05) is 31.3 Å². The van der Waals surface area contributed by atoms with Gasteiger partial charge in [-0.15, -0.1) is 0 Å². The average Bonchev–Trinajstić information content (AvgIpc) is 2.79. The molecule has 2 fully saturated rings. The molecule has 162 valence electrons. The van der Waals surface area contributed by atoms with Crippen LogP contribution < -0.4 is 4.90 Å². The van der Waals surface area contributed by atoms with Crippen molar-refractivity contribution in [3.05, 3.63) is 24.4 Å². The Morgan fingerprint density at radius 2 is 1.93 bits per heavy atom. The molecule has 0 amide bonds. The van der Waals surface area contributed by atoms with Crippen molar-refractivity contribution in [2.24, 2.45) is 0 Å². The van der Waals surface area contributed by atoms with Gasteiger partial charge in [-0.2, -0.15) is 0 Å². The maximum atomic E-state index is 12.4. The SMILES string of the molecule is CCC(=O)CN(CC1(N2CCN(C(C)CC)CC2)CCOCC1)c1ccccn1. The van der Waals surface area contributed by atoms with Gasteiger partial charge in [0, 0.05) is 70.1 Å². The number of hydrogen-bond acceptors (Lipinski definition) is 6. The lowest BCUT2D eigenvalue weighted by Crippen LogP contribution is -2.64. The third-order valence-electron chi connectivity index (χ3n) is 6.84. The van der Waals surface area contributed by atoms with E-state index in [4.69, 9.17) is 4.74 Å². The van der Waals surface area contributed by atoms with Crippen molar-refractivity contribution >= 4 is 11.6 Å². The summed E-state index contributed by atoms with van der Waals surface area (Å²) in [6.07, 6.45) is 5.61. The summed E-state index contributed by atoms with van der Waals surface area (Å²) < 4.78 is 5.74. The van der Waals surface area contributed by atoms with Crippen LogP contribution in [-0.2, 0) is 9.53 Å². The minimum Gasteiger partial charge on any atom is -0.381 e. The highest BCUT2D eigenvalue weighted by Gasteiger charge is 2.41. The smallest absolute Gasteiger partial charge is 0.151 e. The highest BCUT2D eigenvalue weighted by Crippen LogP contribution is 2.32. The zero-order chi connectivity index (χ0) is 20.7. The van der Waals surface area contributed by atoms with E-state index >= 15 is 0 Å². The Hall–Kier alpha value is -1.50. The van der Waals surface area contributed by atoms with Crippen LogP contribution in [0, 0.1) is 0 Å². The zero-order valence-electron chi connectivity index (χ0n) is 18.5. The second kappa shape index (κ2) is 10.5. The highest BCUT2D eigenvalue weighted by atomic mass is 16.5. The van der Waals surface area contributed by atoms with Gasteiger partial charge in [0.05, 0.1) is 6.54 Å². The van der Waals surface area contributed by atoms with Crippen molar-refractivity contribution in [1.82, 2.24) is 14.8 Å². The van der Waals surface area contributed by atoms with Gasteiger partial charge in [0.2, 0.25) is 0 Å². The van der Waals surface area contributed by atoms with Crippen LogP contribution in [0.3, 0.4) is 0 Å². The number of anilines is 1. The van der Waals surface area contributed by atoms with Gasteiger partial charge in [0.25, 0.3) is 0 Å². The van der Waals surface area contributed by atoms with Crippen LogP contribution in [0.25, 0.3) is 0 Å². The molecular formula is C23H38N4O2. The maximum absolute atomic E-state index is 12.4. The molecule has 2 aliphatic rings. The number of nitrogens with zero attached hydrogens (tertiary/aromatic N) is 4. The molecule has 2 saturated heterocycles. The second-order valence-corrected chi connectivity index (χ2v) is 8.55. The average molecular weight is 403 g/mol. The molecule has 2 aliphatic heterocycles. The van der Waals surface area contributed by atoms with Crippen molar-refractivity contribution in [1.29, 1.82) is 0 Å². The van der Waals surface area contributed by atoms with Crippen LogP contribution >= 0.6 is 0 Å². The van der Waals surface area contributed by atoms with Crippen molar-refractivity contribution in [3.8, 4) is 0 Å². The van der Waals surface area contributed by atoms with E-state index in [0.717, 1.165) is 64.6 Å². The molecule has 0 aliphatic carbocycles. The molecular weight excluding hydrogens is 364 g/mol. The maximum Gasteiger partial charge on any atom is 0.151 e. The van der Waals surface area contributed by atoms with E-state index in [2.05, 4.69) is 33.5 Å². The summed E-state index contributed by atoms with van der Waals surface area (Å²) in [6, 6.07) is 6.61. The predicted molar refractivity (Wildman–Crippen MR) is 117 cm³/mol. The van der Waals surface area contributed by atoms with Gasteiger partial charge in [0.15, 0.2) is 5.78 Å². The zero-order valence-corrected chi connectivity index (χ0v) is 18.5. The van der Waals surface area contributed by atoms with Crippen LogP contribution in [0.2, 0.25) is 0 Å². The van der Waals surface area contributed by atoms with E-state index < -0.39 is 0 Å². The second-order valence-electron chi connectivity index (χ2n) is 8.55. The van der Waals surface area contributed by atoms with Gasteiger partial charge in [-0.05, 0) is 38.3 Å². The molecule has 1 aromatic heterocycles. The summed E-state index contributed by atoms with van der Waals surface area (Å²) in [4.78, 5) is 24.4. The normalized spacial score (nSPS) is 21.6. The van der Waals surface area contributed by atoms with Crippen LogP contribution in [0.5, 0.6) is 0 Å². The third kappa shape index (κ3) is 5.56. The van der Waals surface area contributed by atoms with Gasteiger partial charge in [-0.1, -0.05) is 19.9 Å². The number of carbonyl (C=O) groups excluding carboxylic acids is 1. The van der Waals surface area contributed by atoms with Gasteiger partial charge >= 0.3 is 0 Å². The number of ether oxygens (including phenoxy) is 1. The number of pyridine rings is 1. The molecule has 0 spiro atoms. The van der Waals surface area contributed by atoms with Crippen LogP contribution in [-0.4, -0.2) is 84.6 Å². The van der Waals surface area contributed by atoms with E-state index in [1.165, 1.54) is 6.42 Å². The number of Topliss-reactive ketones (excluding diaryl/α,β-unsaturated/α-hetero) is 1. The van der Waals surface area contributed by atoms with Gasteiger partial charge in [0.1, 0.15) is 5.82 Å². The molecule has 6 heteroatoms. The Balaban J connectivity index is 1.78. The van der Waals surface area contributed by atoms with Crippen molar-refractivity contribution in [2.45, 2.75) is 58.0 Å². The molecule has 0 saturated carbocycles. The molecule has 0 N–H and O–H groups in total. The number of rotatable bonds is 9. The number of piperazine rings is 1. The fourth-order valence-electron chi connectivity index (χ4n) is 4.66. The van der Waals surface area contributed by atoms with Crippen LogP contribution in [0.4, 0.5) is 5.82 Å². The minimum absolute atomic E-state index is 0.0470. The number of ketones is 1. The summed E-state index contributed by atoms with van der Waals surface area (Å²) in [6.45, 7) is 13.8. The fraction of sp³-hybridized carbons (Fsp3) is 0.739. The Morgan fingerprint density at radius 3 is 2.52 bits per heavy atom. The molecule has 3 heterocycles. The van der Waals surface area contributed by atoms with Gasteiger partial charge in [-0.3, -0.25) is 14.6 Å². The number of aromatic nitrogens is 1. The van der Waals surface area contributed by atoms with Crippen molar-refractivity contribution in [2.75, 3.05) is 57.4 Å². The van der Waals surface area contributed by atoms with Gasteiger partial charge < -0.3 is 9.64 Å². The first kappa shape index (κ1) is 22.2. The lowest BCUT2D eigenvalue weighted by atomic mass is 9.86. The molecule has 6 nitrogen and oxygen atoms in total. The highest BCUT2D eigenvalue weighted by molar-refractivity contribution is 5.82. The van der Waals surface area contributed by atoms with Crippen LogP contribution in [0.15, 0.2) is 24.4 Å². The Morgan fingerprint density at radius 1 is 1.21 bits per heavy atom. The summed E-state index contributed by atoms with van der Waals surface area (Å²) in [7, 11) is 0. The van der Waals surface area contributed by atoms with Crippen molar-refractivity contribution < 1.29 is 9.53 Å². The molecule has 0 radical (unpaired) electrons. The summed E-state index contributed by atoms with van der Waals surface area (Å²) in [5, 5.41) is 0. The quantitative estimate of drug-likeness (QED) is 0.633. The largest absolute Gasteiger partial charge is 0.381 e. The lowest BCUT2D eigenvalue weighted by molar-refractivity contribution is -0.117. The first-order chi connectivity index (χ1) is 14.1. The Kier molecular flexibility index (Phi) is 8.04. The van der Waals surface area contributed by atoms with E-state index in [0.29, 0.717) is 19.0 Å². The summed E-state index contributed by atoms with van der Waals surface area (Å²) in [5.41, 5.74) is 0.0470. The molecule has 29 heavy (non-hydrogen) atoms. The predicted octanol–water partition coefficient (Wildman–Crippen LogP) is 2.83. The minimum atomic E-state index is 0.0470. The number of hydrogen-bond donors (Lipinski definition) is 0. The Labute approximate surface area is 176 Å². The molecule has 0 bridgehead atoms. The van der Waals surface area contributed by atoms with Crippen molar-refractivity contribution in [3.63, 3.8) is 0 Å². The van der Waals surface area contributed by atoms with Crippen LogP contribution in [0.1, 0.15) is 46.5 Å². The summed E-state index contributed by atoms with van der Waals surface area (Å²) >= 11 is 0. The molecule has 0 aromatic carbocycles. The number of carbonyl (C=O) groups is 1. The van der Waals surface area contributed by atoms with E-state index in [1.54, 1.807) is 0 Å². The molecule has 1 aromatic rings. The first-order valence-electron chi connectivity index (χ1n) is 11.3. The molecule has 1 atom stereocenters. The standard InChI is InChI=1S/C23H38N4O2/c1-4-20(3)25-12-14-27(15-13-25)23(9-16-29-17-10-23)19-26(18-21(28)5-2)22-8-6-7-11-24-22/h6-8,11,20H,4-5,9-10,12-19H2,1-3H3. The molecule has 3 rings (SSSR count). The Bertz CT molecular complexity index is 625. The first-order valence-corrected chi connectivity index (χ1v) is 11.3. The monoisotopic (exact) mass is 402 g/mol. The third-order valence-corrected chi connectivity index (χ3v) is 6.84. The van der Waals surface area contributed by atoms with Gasteiger partial charge in [-0.25, -0.2) is 4.98 Å². The van der Waals surface area contributed by atoms with E-state index in [-0.39, 0.29) is 11.3 Å². The fourth-order valence-corrected chi connectivity index (χ4v) is 4.66. The summed E-state index contributed by atoms with van der Waals surface area (Å²) in [5.74, 6) is 1.16.